The number of hydrogen-bond acceptors (Lipinski definition) is 2. The SMILES string of the molecule is CC1(C)C(C(=O)NC2(C(=O)O)CCCCCC2)C1(C)C. The van der Waals surface area contributed by atoms with Crippen LogP contribution in [0, 0.1) is 16.7 Å². The Morgan fingerprint density at radius 1 is 0.950 bits per heavy atom. The highest BCUT2D eigenvalue weighted by molar-refractivity contribution is 5.90. The Morgan fingerprint density at radius 2 is 1.40 bits per heavy atom. The molecule has 0 radical (unpaired) electrons. The van der Waals surface area contributed by atoms with Gasteiger partial charge in [-0.1, -0.05) is 53.4 Å². The summed E-state index contributed by atoms with van der Waals surface area (Å²) >= 11 is 0. The molecule has 2 N–H and O–H groups in total. The summed E-state index contributed by atoms with van der Waals surface area (Å²) in [4.78, 5) is 24.3. The lowest BCUT2D eigenvalue weighted by Gasteiger charge is -2.29. The number of carboxylic acid groups (broad SMARTS) is 1. The van der Waals surface area contributed by atoms with Gasteiger partial charge in [0.1, 0.15) is 5.54 Å². The lowest BCUT2D eigenvalue weighted by molar-refractivity contribution is -0.148. The Morgan fingerprint density at radius 3 is 1.75 bits per heavy atom. The Labute approximate surface area is 121 Å². The molecule has 2 aliphatic carbocycles. The molecular formula is C16H27NO3. The Kier molecular flexibility index (Phi) is 3.64. The zero-order valence-corrected chi connectivity index (χ0v) is 13.1. The van der Waals surface area contributed by atoms with Gasteiger partial charge in [0.05, 0.1) is 0 Å². The van der Waals surface area contributed by atoms with Crippen molar-refractivity contribution in [2.75, 3.05) is 0 Å². The van der Waals surface area contributed by atoms with Gasteiger partial charge < -0.3 is 10.4 Å². The third-order valence-corrected chi connectivity index (χ3v) is 6.01. The van der Waals surface area contributed by atoms with E-state index in [2.05, 4.69) is 33.0 Å². The average molecular weight is 281 g/mol. The van der Waals surface area contributed by atoms with Crippen molar-refractivity contribution in [3.05, 3.63) is 0 Å². The molecule has 114 valence electrons. The number of aliphatic carboxylic acids is 1. The average Bonchev–Trinajstić information content (AvgIpc) is 2.84. The van der Waals surface area contributed by atoms with E-state index in [1.54, 1.807) is 0 Å². The maximum absolute atomic E-state index is 12.6. The predicted molar refractivity (Wildman–Crippen MR) is 77.3 cm³/mol. The van der Waals surface area contributed by atoms with Crippen LogP contribution < -0.4 is 5.32 Å². The van der Waals surface area contributed by atoms with Gasteiger partial charge in [0.15, 0.2) is 0 Å². The molecule has 0 atom stereocenters. The topological polar surface area (TPSA) is 66.4 Å². The van der Waals surface area contributed by atoms with Crippen LogP contribution in [-0.4, -0.2) is 22.5 Å². The van der Waals surface area contributed by atoms with Crippen molar-refractivity contribution in [1.82, 2.24) is 5.32 Å². The van der Waals surface area contributed by atoms with Crippen LogP contribution in [0.1, 0.15) is 66.2 Å². The zero-order valence-electron chi connectivity index (χ0n) is 13.1. The van der Waals surface area contributed by atoms with Crippen molar-refractivity contribution >= 4 is 11.9 Å². The largest absolute Gasteiger partial charge is 0.480 e. The highest BCUT2D eigenvalue weighted by Crippen LogP contribution is 2.68. The second-order valence-electron chi connectivity index (χ2n) is 7.67. The van der Waals surface area contributed by atoms with E-state index >= 15 is 0 Å². The number of amides is 1. The molecule has 0 aliphatic heterocycles. The van der Waals surface area contributed by atoms with Crippen LogP contribution in [0.5, 0.6) is 0 Å². The second kappa shape index (κ2) is 4.74. The maximum atomic E-state index is 12.6. The minimum atomic E-state index is -1.04. The number of carbonyl (C=O) groups excluding carboxylic acids is 1. The second-order valence-corrected chi connectivity index (χ2v) is 7.67. The van der Waals surface area contributed by atoms with E-state index in [-0.39, 0.29) is 22.7 Å². The molecule has 2 aliphatic rings. The highest BCUT2D eigenvalue weighted by atomic mass is 16.4. The van der Waals surface area contributed by atoms with Crippen LogP contribution in [0.3, 0.4) is 0 Å². The van der Waals surface area contributed by atoms with Crippen molar-refractivity contribution in [3.8, 4) is 0 Å². The van der Waals surface area contributed by atoms with Gasteiger partial charge >= 0.3 is 5.97 Å². The lowest BCUT2D eigenvalue weighted by atomic mass is 9.89. The molecule has 2 rings (SSSR count). The van der Waals surface area contributed by atoms with Gasteiger partial charge in [0.2, 0.25) is 5.91 Å². The van der Waals surface area contributed by atoms with E-state index < -0.39 is 11.5 Å². The number of carboxylic acids is 1. The summed E-state index contributed by atoms with van der Waals surface area (Å²) < 4.78 is 0. The van der Waals surface area contributed by atoms with Crippen molar-refractivity contribution < 1.29 is 14.7 Å². The first-order chi connectivity index (χ1) is 9.15. The van der Waals surface area contributed by atoms with Gasteiger partial charge in [-0.3, -0.25) is 4.79 Å². The van der Waals surface area contributed by atoms with Crippen LogP contribution >= 0.6 is 0 Å². The molecule has 0 aromatic rings. The lowest BCUT2D eigenvalue weighted by Crippen LogP contribution is -2.55. The van der Waals surface area contributed by atoms with E-state index in [1.807, 2.05) is 0 Å². The van der Waals surface area contributed by atoms with Crippen molar-refractivity contribution in [3.63, 3.8) is 0 Å². The predicted octanol–water partition coefficient (Wildman–Crippen LogP) is 2.96. The minimum Gasteiger partial charge on any atom is -0.480 e. The molecule has 20 heavy (non-hydrogen) atoms. The molecule has 0 aromatic heterocycles. The molecular weight excluding hydrogens is 254 g/mol. The Balaban J connectivity index is 2.14. The molecule has 0 spiro atoms. The van der Waals surface area contributed by atoms with Crippen LogP contribution in [0.15, 0.2) is 0 Å². The fourth-order valence-corrected chi connectivity index (χ4v) is 3.88. The number of carbonyl (C=O) groups is 2. The molecule has 2 saturated carbocycles. The molecule has 0 aromatic carbocycles. The van der Waals surface area contributed by atoms with Crippen molar-refractivity contribution in [2.24, 2.45) is 16.7 Å². The fraction of sp³-hybridized carbons (Fsp3) is 0.875. The van der Waals surface area contributed by atoms with Crippen LogP contribution in [-0.2, 0) is 9.59 Å². The van der Waals surface area contributed by atoms with Gasteiger partial charge in [-0.2, -0.15) is 0 Å². The third kappa shape index (κ3) is 2.23. The summed E-state index contributed by atoms with van der Waals surface area (Å²) in [6.07, 6.45) is 4.99. The molecule has 2 fully saturated rings. The van der Waals surface area contributed by atoms with E-state index in [1.165, 1.54) is 0 Å². The summed E-state index contributed by atoms with van der Waals surface area (Å²) in [7, 11) is 0. The molecule has 4 nitrogen and oxygen atoms in total. The number of nitrogens with one attached hydrogen (secondary N) is 1. The van der Waals surface area contributed by atoms with Crippen molar-refractivity contribution in [2.45, 2.75) is 71.8 Å². The summed E-state index contributed by atoms with van der Waals surface area (Å²) in [6.45, 7) is 8.32. The normalized spacial score (nSPS) is 27.4. The third-order valence-electron chi connectivity index (χ3n) is 6.01. The van der Waals surface area contributed by atoms with Gasteiger partial charge in [0, 0.05) is 5.92 Å². The van der Waals surface area contributed by atoms with Crippen LogP contribution in [0.2, 0.25) is 0 Å². The van der Waals surface area contributed by atoms with Gasteiger partial charge in [-0.15, -0.1) is 0 Å². The van der Waals surface area contributed by atoms with E-state index in [4.69, 9.17) is 0 Å². The fourth-order valence-electron chi connectivity index (χ4n) is 3.88. The first kappa shape index (κ1) is 15.3. The van der Waals surface area contributed by atoms with Gasteiger partial charge in [-0.25, -0.2) is 4.79 Å². The van der Waals surface area contributed by atoms with E-state index in [9.17, 15) is 14.7 Å². The van der Waals surface area contributed by atoms with Crippen molar-refractivity contribution in [1.29, 1.82) is 0 Å². The number of rotatable bonds is 3. The van der Waals surface area contributed by atoms with Gasteiger partial charge in [-0.05, 0) is 23.7 Å². The first-order valence-electron chi connectivity index (χ1n) is 7.70. The molecule has 4 heteroatoms. The molecule has 0 saturated heterocycles. The summed E-state index contributed by atoms with van der Waals surface area (Å²) in [5.74, 6) is -1.04. The molecule has 0 unspecified atom stereocenters. The number of hydrogen-bond donors (Lipinski definition) is 2. The maximum Gasteiger partial charge on any atom is 0.329 e. The van der Waals surface area contributed by atoms with Gasteiger partial charge in [0.25, 0.3) is 0 Å². The smallest absolute Gasteiger partial charge is 0.329 e. The van der Waals surface area contributed by atoms with E-state index in [0.29, 0.717) is 12.8 Å². The summed E-state index contributed by atoms with van der Waals surface area (Å²) in [5, 5.41) is 12.5. The summed E-state index contributed by atoms with van der Waals surface area (Å²) in [6, 6.07) is 0. The highest BCUT2D eigenvalue weighted by Gasteiger charge is 2.68. The summed E-state index contributed by atoms with van der Waals surface area (Å²) in [5.41, 5.74) is -1.15. The first-order valence-corrected chi connectivity index (χ1v) is 7.70. The zero-order chi connectivity index (χ0) is 15.2. The minimum absolute atomic E-state index is 0.0541. The van der Waals surface area contributed by atoms with Crippen LogP contribution in [0.4, 0.5) is 0 Å². The molecule has 0 bridgehead atoms. The monoisotopic (exact) mass is 281 g/mol. The quantitative estimate of drug-likeness (QED) is 0.782. The standard InChI is InChI=1S/C16H27NO3/c1-14(2)11(15(14,3)4)12(18)17-16(13(19)20)9-7-5-6-8-10-16/h11H,5-10H2,1-4H3,(H,17,18)(H,19,20). The van der Waals surface area contributed by atoms with Crippen LogP contribution in [0.25, 0.3) is 0 Å². The Bertz CT molecular complexity index is 403. The molecule has 0 heterocycles. The Hall–Kier alpha value is -1.06. The van der Waals surface area contributed by atoms with E-state index in [0.717, 1.165) is 25.7 Å². The molecule has 1 amide bonds.